The van der Waals surface area contributed by atoms with Gasteiger partial charge in [0.15, 0.2) is 11.5 Å². The molecule has 1 atom stereocenters. The Morgan fingerprint density at radius 3 is 2.80 bits per heavy atom. The highest BCUT2D eigenvalue weighted by molar-refractivity contribution is 5.92. The van der Waals surface area contributed by atoms with Crippen LogP contribution in [-0.2, 0) is 0 Å². The maximum absolute atomic E-state index is 14.6. The van der Waals surface area contributed by atoms with Gasteiger partial charge in [0.05, 0.1) is 17.0 Å². The second-order valence-corrected chi connectivity index (χ2v) is 8.64. The van der Waals surface area contributed by atoms with Crippen molar-refractivity contribution in [3.63, 3.8) is 0 Å². The zero-order chi connectivity index (χ0) is 24.5. The normalized spacial score (nSPS) is 16.2. The third-order valence-electron chi connectivity index (χ3n) is 6.27. The number of nitrogens with zero attached hydrogens (tertiary/aromatic N) is 6. The third kappa shape index (κ3) is 4.09. The van der Waals surface area contributed by atoms with E-state index < -0.39 is 5.82 Å². The zero-order valence-electron chi connectivity index (χ0n) is 19.3. The lowest BCUT2D eigenvalue weighted by Crippen LogP contribution is -2.43. The average Bonchev–Trinajstić information content (AvgIpc) is 3.25. The standard InChI is InChI=1S/C26H25FN8/c1-31-14-19-11-17(6-7-22(19)30)24-23(16-4-5-18(13-28)21(27)12-16)33-26-25(32-8-10-35(24)26)34-9-2-3-20(29)15-34/h4-8,10-12,14,20H,2-3,9,15,29-30H2,1H3/t20-/m1/s1. The summed E-state index contributed by atoms with van der Waals surface area (Å²) in [6, 6.07) is 12.1. The summed E-state index contributed by atoms with van der Waals surface area (Å²) in [5.74, 6) is 0.138. The van der Waals surface area contributed by atoms with Gasteiger partial charge in [0, 0.05) is 67.2 Å². The number of aromatic nitrogens is 3. The number of nitrogen functional groups attached to an aromatic ring is 1. The van der Waals surface area contributed by atoms with Crippen LogP contribution in [0.5, 0.6) is 0 Å². The smallest absolute Gasteiger partial charge is 0.181 e. The number of rotatable bonds is 4. The van der Waals surface area contributed by atoms with Crippen molar-refractivity contribution >= 4 is 23.4 Å². The molecule has 35 heavy (non-hydrogen) atoms. The number of benzene rings is 2. The number of fused-ring (bicyclic) bond motifs is 1. The van der Waals surface area contributed by atoms with Gasteiger partial charge in [0.25, 0.3) is 0 Å². The molecule has 2 aromatic carbocycles. The molecule has 1 aliphatic heterocycles. The molecule has 5 rings (SSSR count). The van der Waals surface area contributed by atoms with E-state index in [1.807, 2.05) is 34.9 Å². The zero-order valence-corrected chi connectivity index (χ0v) is 19.3. The van der Waals surface area contributed by atoms with Gasteiger partial charge >= 0.3 is 0 Å². The van der Waals surface area contributed by atoms with Crippen LogP contribution >= 0.6 is 0 Å². The number of piperidine rings is 1. The van der Waals surface area contributed by atoms with E-state index in [0.717, 1.165) is 42.0 Å². The van der Waals surface area contributed by atoms with Gasteiger partial charge in [-0.15, -0.1) is 0 Å². The van der Waals surface area contributed by atoms with E-state index in [2.05, 4.69) is 14.9 Å². The highest BCUT2D eigenvalue weighted by atomic mass is 19.1. The third-order valence-corrected chi connectivity index (χ3v) is 6.27. The van der Waals surface area contributed by atoms with Crippen LogP contribution in [0, 0.1) is 17.1 Å². The number of nitrogens with two attached hydrogens (primary N) is 2. The number of aliphatic imine (C=N–C) groups is 1. The molecule has 4 aromatic rings. The number of imidazole rings is 1. The van der Waals surface area contributed by atoms with E-state index in [4.69, 9.17) is 16.5 Å². The lowest BCUT2D eigenvalue weighted by Gasteiger charge is -2.31. The quantitative estimate of drug-likeness (QED) is 0.348. The molecule has 2 aromatic heterocycles. The van der Waals surface area contributed by atoms with Crippen molar-refractivity contribution in [2.24, 2.45) is 10.7 Å². The van der Waals surface area contributed by atoms with Gasteiger partial charge in [-0.2, -0.15) is 5.26 Å². The molecule has 0 saturated carbocycles. The van der Waals surface area contributed by atoms with Crippen LogP contribution in [0.25, 0.3) is 28.2 Å². The minimum Gasteiger partial charge on any atom is -0.398 e. The summed E-state index contributed by atoms with van der Waals surface area (Å²) < 4.78 is 16.6. The van der Waals surface area contributed by atoms with Crippen LogP contribution in [0.1, 0.15) is 24.0 Å². The van der Waals surface area contributed by atoms with Crippen molar-refractivity contribution in [1.82, 2.24) is 14.4 Å². The number of halogens is 1. The van der Waals surface area contributed by atoms with Gasteiger partial charge in [-0.3, -0.25) is 9.39 Å². The molecule has 0 spiro atoms. The lowest BCUT2D eigenvalue weighted by atomic mass is 10.0. The van der Waals surface area contributed by atoms with Crippen molar-refractivity contribution in [3.05, 3.63) is 65.7 Å². The molecule has 0 radical (unpaired) electrons. The fourth-order valence-corrected chi connectivity index (χ4v) is 4.59. The van der Waals surface area contributed by atoms with E-state index in [9.17, 15) is 9.65 Å². The van der Waals surface area contributed by atoms with Crippen molar-refractivity contribution < 1.29 is 4.39 Å². The highest BCUT2D eigenvalue weighted by Crippen LogP contribution is 2.36. The predicted molar refractivity (Wildman–Crippen MR) is 136 cm³/mol. The van der Waals surface area contributed by atoms with Crippen molar-refractivity contribution in [2.45, 2.75) is 18.9 Å². The van der Waals surface area contributed by atoms with Crippen LogP contribution in [0.4, 0.5) is 15.9 Å². The highest BCUT2D eigenvalue weighted by Gasteiger charge is 2.24. The molecule has 3 heterocycles. The molecule has 0 bridgehead atoms. The molecule has 0 amide bonds. The topological polar surface area (TPSA) is 122 Å². The maximum atomic E-state index is 14.6. The fourth-order valence-electron chi connectivity index (χ4n) is 4.59. The Morgan fingerprint density at radius 2 is 2.06 bits per heavy atom. The molecule has 4 N–H and O–H groups in total. The van der Waals surface area contributed by atoms with Crippen molar-refractivity contribution in [3.8, 4) is 28.6 Å². The Hall–Kier alpha value is -4.29. The SMILES string of the molecule is CN=Cc1cc(-c2c(-c3ccc(C#N)c(F)c3)nc3c(N4CCC[C@@H](N)C4)nccn23)ccc1N. The van der Waals surface area contributed by atoms with Crippen molar-refractivity contribution in [2.75, 3.05) is 30.8 Å². The first-order valence-corrected chi connectivity index (χ1v) is 11.4. The maximum Gasteiger partial charge on any atom is 0.181 e. The number of anilines is 2. The average molecular weight is 469 g/mol. The Bertz CT molecular complexity index is 1480. The molecular formula is C26H25FN8. The Labute approximate surface area is 202 Å². The molecule has 9 heteroatoms. The van der Waals surface area contributed by atoms with Gasteiger partial charge in [0.1, 0.15) is 11.9 Å². The molecular weight excluding hydrogens is 443 g/mol. The summed E-state index contributed by atoms with van der Waals surface area (Å²) in [4.78, 5) is 15.9. The van der Waals surface area contributed by atoms with Gasteiger partial charge < -0.3 is 16.4 Å². The number of nitriles is 1. The number of hydrogen-bond donors (Lipinski definition) is 2. The summed E-state index contributed by atoms with van der Waals surface area (Å²) in [6.07, 6.45) is 7.23. The largest absolute Gasteiger partial charge is 0.398 e. The van der Waals surface area contributed by atoms with Gasteiger partial charge in [-0.25, -0.2) is 14.4 Å². The minimum absolute atomic E-state index is 0.0161. The minimum atomic E-state index is -0.593. The molecule has 0 aliphatic carbocycles. The lowest BCUT2D eigenvalue weighted by molar-refractivity contribution is 0.503. The molecule has 1 aliphatic rings. The van der Waals surface area contributed by atoms with E-state index in [1.165, 1.54) is 12.1 Å². The molecule has 8 nitrogen and oxygen atoms in total. The van der Waals surface area contributed by atoms with Gasteiger partial charge in [-0.1, -0.05) is 12.1 Å². The second kappa shape index (κ2) is 9.16. The summed E-state index contributed by atoms with van der Waals surface area (Å²) in [5, 5.41) is 9.18. The van der Waals surface area contributed by atoms with Gasteiger partial charge in [0.2, 0.25) is 0 Å². The summed E-state index contributed by atoms with van der Waals surface area (Å²) >= 11 is 0. The van der Waals surface area contributed by atoms with Crippen LogP contribution < -0.4 is 16.4 Å². The molecule has 1 saturated heterocycles. The summed E-state index contributed by atoms with van der Waals surface area (Å²) in [6.45, 7) is 1.52. The second-order valence-electron chi connectivity index (χ2n) is 8.64. The monoisotopic (exact) mass is 468 g/mol. The van der Waals surface area contributed by atoms with Crippen molar-refractivity contribution in [1.29, 1.82) is 5.26 Å². The first-order chi connectivity index (χ1) is 17.0. The Morgan fingerprint density at radius 1 is 1.23 bits per heavy atom. The van der Waals surface area contributed by atoms with E-state index in [-0.39, 0.29) is 11.6 Å². The van der Waals surface area contributed by atoms with E-state index >= 15 is 0 Å². The number of hydrogen-bond acceptors (Lipinski definition) is 7. The molecule has 1 fully saturated rings. The van der Waals surface area contributed by atoms with Gasteiger partial charge in [-0.05, 0) is 37.1 Å². The molecule has 0 unspecified atom stereocenters. The Balaban J connectivity index is 1.78. The van der Waals surface area contributed by atoms with Crippen LogP contribution in [-0.4, -0.2) is 46.8 Å². The van der Waals surface area contributed by atoms with E-state index in [1.54, 1.807) is 25.5 Å². The fraction of sp³-hybridized carbons (Fsp3) is 0.231. The summed E-state index contributed by atoms with van der Waals surface area (Å²) in [5.41, 5.74) is 17.1. The first kappa shape index (κ1) is 22.5. The Kier molecular flexibility index (Phi) is 5.89. The van der Waals surface area contributed by atoms with Crippen LogP contribution in [0.2, 0.25) is 0 Å². The van der Waals surface area contributed by atoms with Crippen LogP contribution in [0.15, 0.2) is 53.8 Å². The van der Waals surface area contributed by atoms with E-state index in [0.29, 0.717) is 29.1 Å². The summed E-state index contributed by atoms with van der Waals surface area (Å²) in [7, 11) is 1.69. The van der Waals surface area contributed by atoms with Crippen LogP contribution in [0.3, 0.4) is 0 Å². The first-order valence-electron chi connectivity index (χ1n) is 11.4. The predicted octanol–water partition coefficient (Wildman–Crippen LogP) is 3.63. The molecule has 176 valence electrons.